The Morgan fingerprint density at radius 3 is 2.56 bits per heavy atom. The summed E-state index contributed by atoms with van der Waals surface area (Å²) in [5.74, 6) is -0.0350. The molecular formula is C15H14ClNO. The summed E-state index contributed by atoms with van der Waals surface area (Å²) in [5.41, 5.74) is 8.49. The van der Waals surface area contributed by atoms with Gasteiger partial charge in [-0.1, -0.05) is 36.7 Å². The van der Waals surface area contributed by atoms with E-state index in [0.717, 1.165) is 12.0 Å². The average molecular weight is 260 g/mol. The van der Waals surface area contributed by atoms with Crippen molar-refractivity contribution in [1.82, 2.24) is 0 Å². The van der Waals surface area contributed by atoms with Crippen LogP contribution in [0.3, 0.4) is 0 Å². The number of nitrogen functional groups attached to an aromatic ring is 1. The highest BCUT2D eigenvalue weighted by Gasteiger charge is 2.10. The van der Waals surface area contributed by atoms with Crippen LogP contribution in [0.15, 0.2) is 42.5 Å². The van der Waals surface area contributed by atoms with Crippen LogP contribution >= 0.6 is 11.6 Å². The predicted molar refractivity (Wildman–Crippen MR) is 75.1 cm³/mol. The summed E-state index contributed by atoms with van der Waals surface area (Å²) in [5, 5.41) is 0.410. The van der Waals surface area contributed by atoms with E-state index in [4.69, 9.17) is 17.3 Å². The Hall–Kier alpha value is -1.80. The molecule has 2 aromatic carbocycles. The molecule has 0 radical (unpaired) electrons. The Bertz CT molecular complexity index is 593. The van der Waals surface area contributed by atoms with Crippen molar-refractivity contribution in [2.24, 2.45) is 0 Å². The Morgan fingerprint density at radius 2 is 1.89 bits per heavy atom. The van der Waals surface area contributed by atoms with E-state index >= 15 is 0 Å². The summed E-state index contributed by atoms with van der Waals surface area (Å²) < 4.78 is 0. The molecule has 0 fully saturated rings. The minimum absolute atomic E-state index is 0.0350. The van der Waals surface area contributed by atoms with Crippen LogP contribution in [0.25, 0.3) is 0 Å². The van der Waals surface area contributed by atoms with Crippen molar-refractivity contribution in [3.05, 3.63) is 64.2 Å². The molecule has 0 bridgehead atoms. The molecule has 0 heterocycles. The lowest BCUT2D eigenvalue weighted by atomic mass is 10.0. The summed E-state index contributed by atoms with van der Waals surface area (Å²) in [7, 11) is 0. The number of anilines is 1. The standard InChI is InChI=1S/C15H14ClNO/c1-2-10-4-3-5-11(8-10)15(18)12-6-7-14(17)13(16)9-12/h3-9H,2,17H2,1H3. The van der Waals surface area contributed by atoms with E-state index in [2.05, 4.69) is 6.92 Å². The minimum Gasteiger partial charge on any atom is -0.398 e. The Labute approximate surface area is 111 Å². The predicted octanol–water partition coefficient (Wildman–Crippen LogP) is 3.72. The molecule has 92 valence electrons. The van der Waals surface area contributed by atoms with E-state index in [0.29, 0.717) is 21.8 Å². The maximum atomic E-state index is 12.3. The number of rotatable bonds is 3. The van der Waals surface area contributed by atoms with Crippen molar-refractivity contribution in [3.8, 4) is 0 Å². The fourth-order valence-electron chi connectivity index (χ4n) is 1.77. The number of hydrogen-bond acceptors (Lipinski definition) is 2. The van der Waals surface area contributed by atoms with Crippen molar-refractivity contribution in [2.75, 3.05) is 5.73 Å². The normalized spacial score (nSPS) is 10.3. The first-order valence-corrected chi connectivity index (χ1v) is 6.18. The lowest BCUT2D eigenvalue weighted by Gasteiger charge is -2.05. The van der Waals surface area contributed by atoms with E-state index < -0.39 is 0 Å². The molecule has 3 heteroatoms. The third kappa shape index (κ3) is 2.54. The number of nitrogens with two attached hydrogens (primary N) is 1. The number of aryl methyl sites for hydroxylation is 1. The smallest absolute Gasteiger partial charge is 0.193 e. The second kappa shape index (κ2) is 5.23. The first-order chi connectivity index (χ1) is 8.61. The van der Waals surface area contributed by atoms with Crippen LogP contribution in [0.2, 0.25) is 5.02 Å². The minimum atomic E-state index is -0.0350. The largest absolute Gasteiger partial charge is 0.398 e. The second-order valence-corrected chi connectivity index (χ2v) is 4.53. The molecule has 18 heavy (non-hydrogen) atoms. The maximum Gasteiger partial charge on any atom is 0.193 e. The van der Waals surface area contributed by atoms with E-state index in [1.807, 2.05) is 24.3 Å². The van der Waals surface area contributed by atoms with Gasteiger partial charge in [-0.15, -0.1) is 0 Å². The van der Waals surface area contributed by atoms with E-state index in [1.54, 1.807) is 18.2 Å². The van der Waals surface area contributed by atoms with Gasteiger partial charge in [-0.3, -0.25) is 4.79 Å². The molecule has 0 atom stereocenters. The van der Waals surface area contributed by atoms with Gasteiger partial charge in [-0.25, -0.2) is 0 Å². The van der Waals surface area contributed by atoms with Gasteiger partial charge in [0.1, 0.15) is 0 Å². The molecule has 2 N–H and O–H groups in total. The van der Waals surface area contributed by atoms with E-state index in [1.165, 1.54) is 0 Å². The Balaban J connectivity index is 2.38. The fourth-order valence-corrected chi connectivity index (χ4v) is 1.95. The number of carbonyl (C=O) groups is 1. The lowest BCUT2D eigenvalue weighted by Crippen LogP contribution is -2.02. The number of halogens is 1. The van der Waals surface area contributed by atoms with Gasteiger partial charge in [-0.05, 0) is 36.2 Å². The molecule has 0 aliphatic heterocycles. The first-order valence-electron chi connectivity index (χ1n) is 5.80. The number of hydrogen-bond donors (Lipinski definition) is 1. The highest BCUT2D eigenvalue weighted by molar-refractivity contribution is 6.33. The van der Waals surface area contributed by atoms with Gasteiger partial charge < -0.3 is 5.73 Å². The summed E-state index contributed by atoms with van der Waals surface area (Å²) in [4.78, 5) is 12.3. The molecule has 2 aromatic rings. The molecule has 0 saturated carbocycles. The summed E-state index contributed by atoms with van der Waals surface area (Å²) in [6.45, 7) is 2.06. The van der Waals surface area contributed by atoms with Crippen LogP contribution in [0, 0.1) is 0 Å². The third-order valence-electron chi connectivity index (χ3n) is 2.86. The number of benzene rings is 2. The van der Waals surface area contributed by atoms with Gasteiger partial charge in [0, 0.05) is 11.1 Å². The lowest BCUT2D eigenvalue weighted by molar-refractivity contribution is 0.103. The Kier molecular flexibility index (Phi) is 3.68. The monoisotopic (exact) mass is 259 g/mol. The van der Waals surface area contributed by atoms with Crippen LogP contribution in [0.5, 0.6) is 0 Å². The zero-order chi connectivity index (χ0) is 13.1. The van der Waals surface area contributed by atoms with E-state index in [9.17, 15) is 4.79 Å². The fraction of sp³-hybridized carbons (Fsp3) is 0.133. The molecule has 2 nitrogen and oxygen atoms in total. The molecule has 0 spiro atoms. The zero-order valence-electron chi connectivity index (χ0n) is 10.1. The van der Waals surface area contributed by atoms with Gasteiger partial charge >= 0.3 is 0 Å². The van der Waals surface area contributed by atoms with Gasteiger partial charge in [0.2, 0.25) is 0 Å². The zero-order valence-corrected chi connectivity index (χ0v) is 10.9. The quantitative estimate of drug-likeness (QED) is 0.674. The molecule has 0 amide bonds. The number of ketones is 1. The molecule has 0 aliphatic carbocycles. The van der Waals surface area contributed by atoms with E-state index in [-0.39, 0.29) is 5.78 Å². The SMILES string of the molecule is CCc1cccc(C(=O)c2ccc(N)c(Cl)c2)c1. The molecule has 2 rings (SSSR count). The number of carbonyl (C=O) groups excluding carboxylic acids is 1. The Morgan fingerprint density at radius 1 is 1.17 bits per heavy atom. The van der Waals surface area contributed by atoms with Crippen LogP contribution in [-0.4, -0.2) is 5.78 Å². The average Bonchev–Trinajstić information content (AvgIpc) is 2.41. The summed E-state index contributed by atoms with van der Waals surface area (Å²) in [6.07, 6.45) is 0.906. The summed E-state index contributed by atoms with van der Waals surface area (Å²) in [6, 6.07) is 12.6. The van der Waals surface area contributed by atoms with Crippen LogP contribution in [0.4, 0.5) is 5.69 Å². The van der Waals surface area contributed by atoms with Gasteiger partial charge in [0.15, 0.2) is 5.78 Å². The highest BCUT2D eigenvalue weighted by atomic mass is 35.5. The molecule has 0 aliphatic rings. The molecule has 0 saturated heterocycles. The van der Waals surface area contributed by atoms with Gasteiger partial charge in [0.05, 0.1) is 10.7 Å². The second-order valence-electron chi connectivity index (χ2n) is 4.12. The highest BCUT2D eigenvalue weighted by Crippen LogP contribution is 2.21. The first kappa shape index (κ1) is 12.7. The topological polar surface area (TPSA) is 43.1 Å². The van der Waals surface area contributed by atoms with Crippen LogP contribution < -0.4 is 5.73 Å². The molecule has 0 unspecified atom stereocenters. The third-order valence-corrected chi connectivity index (χ3v) is 3.19. The van der Waals surface area contributed by atoms with Crippen LogP contribution in [0.1, 0.15) is 28.4 Å². The summed E-state index contributed by atoms with van der Waals surface area (Å²) >= 11 is 5.93. The van der Waals surface area contributed by atoms with Crippen molar-refractivity contribution < 1.29 is 4.79 Å². The van der Waals surface area contributed by atoms with Crippen molar-refractivity contribution >= 4 is 23.1 Å². The molecular weight excluding hydrogens is 246 g/mol. The van der Waals surface area contributed by atoms with Crippen molar-refractivity contribution in [3.63, 3.8) is 0 Å². The van der Waals surface area contributed by atoms with Gasteiger partial charge in [-0.2, -0.15) is 0 Å². The molecule has 0 aromatic heterocycles. The van der Waals surface area contributed by atoms with Gasteiger partial charge in [0.25, 0.3) is 0 Å². The van der Waals surface area contributed by atoms with Crippen molar-refractivity contribution in [1.29, 1.82) is 0 Å². The maximum absolute atomic E-state index is 12.3. The van der Waals surface area contributed by atoms with Crippen LogP contribution in [-0.2, 0) is 6.42 Å². The van der Waals surface area contributed by atoms with Crippen molar-refractivity contribution in [2.45, 2.75) is 13.3 Å².